The Morgan fingerprint density at radius 1 is 1.57 bits per heavy atom. The molecule has 0 fully saturated rings. The van der Waals surface area contributed by atoms with Gasteiger partial charge in [0.05, 0.1) is 5.69 Å². The smallest absolute Gasteiger partial charge is 0.182 e. The average Bonchev–Trinajstić information content (AvgIpc) is 2.42. The van der Waals surface area contributed by atoms with Crippen molar-refractivity contribution in [1.29, 1.82) is 0 Å². The Labute approximate surface area is 83.5 Å². The number of ketones is 1. The van der Waals surface area contributed by atoms with Gasteiger partial charge >= 0.3 is 0 Å². The second kappa shape index (κ2) is 4.17. The highest BCUT2D eigenvalue weighted by atomic mass is 16.3. The minimum Gasteiger partial charge on any atom is -0.504 e. The molecule has 1 aromatic rings. The van der Waals surface area contributed by atoms with E-state index in [0.29, 0.717) is 17.8 Å². The van der Waals surface area contributed by atoms with Gasteiger partial charge in [-0.3, -0.25) is 4.79 Å². The molecule has 0 spiro atoms. The highest BCUT2D eigenvalue weighted by Crippen LogP contribution is 2.29. The van der Waals surface area contributed by atoms with E-state index in [4.69, 9.17) is 0 Å². The molecule has 1 aromatic heterocycles. The first-order chi connectivity index (χ1) is 6.61. The van der Waals surface area contributed by atoms with Crippen LogP contribution in [0.3, 0.4) is 0 Å². The van der Waals surface area contributed by atoms with Crippen LogP contribution >= 0.6 is 0 Å². The molecule has 0 aliphatic rings. The number of aromatic nitrogens is 1. The fourth-order valence-corrected chi connectivity index (χ4v) is 1.43. The predicted octanol–water partition coefficient (Wildman–Crippen LogP) is 1.76. The van der Waals surface area contributed by atoms with Crippen LogP contribution in [0.1, 0.15) is 30.8 Å². The molecule has 14 heavy (non-hydrogen) atoms. The van der Waals surface area contributed by atoms with Crippen molar-refractivity contribution in [3.05, 3.63) is 11.9 Å². The van der Waals surface area contributed by atoms with Crippen molar-refractivity contribution in [2.45, 2.75) is 20.3 Å². The SMILES string of the molecule is CCNc1cn(C)c(C(=O)CC)c1O. The Kier molecular flexibility index (Phi) is 3.17. The number of nitrogens with one attached hydrogen (secondary N) is 1. The van der Waals surface area contributed by atoms with E-state index in [2.05, 4.69) is 5.32 Å². The zero-order valence-electron chi connectivity index (χ0n) is 8.79. The van der Waals surface area contributed by atoms with Gasteiger partial charge in [-0.1, -0.05) is 6.92 Å². The van der Waals surface area contributed by atoms with Crippen LogP contribution in [0.2, 0.25) is 0 Å². The number of nitrogens with zero attached hydrogens (tertiary/aromatic N) is 1. The lowest BCUT2D eigenvalue weighted by molar-refractivity contribution is 0.0977. The average molecular weight is 196 g/mol. The number of hydrogen-bond donors (Lipinski definition) is 2. The third-order valence-corrected chi connectivity index (χ3v) is 2.11. The van der Waals surface area contributed by atoms with Crippen molar-refractivity contribution >= 4 is 11.5 Å². The number of carbonyl (C=O) groups excluding carboxylic acids is 1. The Bertz CT molecular complexity index is 342. The molecule has 0 unspecified atom stereocenters. The summed E-state index contributed by atoms with van der Waals surface area (Å²) in [4.78, 5) is 11.5. The maximum absolute atomic E-state index is 11.5. The summed E-state index contributed by atoms with van der Waals surface area (Å²) in [7, 11) is 1.75. The number of anilines is 1. The molecule has 2 N–H and O–H groups in total. The maximum Gasteiger partial charge on any atom is 0.182 e. The van der Waals surface area contributed by atoms with Gasteiger partial charge in [-0.05, 0) is 6.92 Å². The summed E-state index contributed by atoms with van der Waals surface area (Å²) in [5.41, 5.74) is 0.996. The van der Waals surface area contributed by atoms with Gasteiger partial charge in [0.25, 0.3) is 0 Å². The molecule has 4 nitrogen and oxygen atoms in total. The standard InChI is InChI=1S/C10H16N2O2/c1-4-8(13)9-10(14)7(11-5-2)6-12(9)3/h6,11,14H,4-5H2,1-3H3. The molecule has 0 aromatic carbocycles. The summed E-state index contributed by atoms with van der Waals surface area (Å²) in [6.07, 6.45) is 2.12. The first kappa shape index (κ1) is 10.6. The molecule has 0 amide bonds. The van der Waals surface area contributed by atoms with E-state index in [0.717, 1.165) is 6.54 Å². The van der Waals surface area contributed by atoms with Gasteiger partial charge < -0.3 is 15.0 Å². The van der Waals surface area contributed by atoms with E-state index >= 15 is 0 Å². The second-order valence-electron chi connectivity index (χ2n) is 3.16. The number of carbonyl (C=O) groups is 1. The van der Waals surface area contributed by atoms with Crippen molar-refractivity contribution in [1.82, 2.24) is 4.57 Å². The van der Waals surface area contributed by atoms with Gasteiger partial charge in [-0.2, -0.15) is 0 Å². The van der Waals surface area contributed by atoms with Crippen LogP contribution in [-0.2, 0) is 7.05 Å². The minimum absolute atomic E-state index is 0.0471. The number of aromatic hydroxyl groups is 1. The van der Waals surface area contributed by atoms with Crippen molar-refractivity contribution < 1.29 is 9.90 Å². The molecule has 0 radical (unpaired) electrons. The van der Waals surface area contributed by atoms with Crippen molar-refractivity contribution in [3.8, 4) is 5.75 Å². The van der Waals surface area contributed by atoms with Crippen LogP contribution in [0.25, 0.3) is 0 Å². The van der Waals surface area contributed by atoms with E-state index in [1.54, 1.807) is 24.7 Å². The molecule has 4 heteroatoms. The fourth-order valence-electron chi connectivity index (χ4n) is 1.43. The monoisotopic (exact) mass is 196 g/mol. The molecule has 0 aliphatic carbocycles. The summed E-state index contributed by atoms with van der Waals surface area (Å²) in [6, 6.07) is 0. The first-order valence-electron chi connectivity index (χ1n) is 4.77. The lowest BCUT2D eigenvalue weighted by atomic mass is 10.2. The number of aryl methyl sites for hydroxylation is 1. The van der Waals surface area contributed by atoms with Crippen LogP contribution in [0, 0.1) is 0 Å². The minimum atomic E-state index is -0.0471. The van der Waals surface area contributed by atoms with Crippen molar-refractivity contribution in [3.63, 3.8) is 0 Å². The van der Waals surface area contributed by atoms with E-state index in [9.17, 15) is 9.90 Å². The number of rotatable bonds is 4. The molecule has 1 heterocycles. The summed E-state index contributed by atoms with van der Waals surface area (Å²) < 4.78 is 1.65. The maximum atomic E-state index is 11.5. The van der Waals surface area contributed by atoms with Crippen LogP contribution in [0.5, 0.6) is 5.75 Å². The summed E-state index contributed by atoms with van der Waals surface area (Å²) in [6.45, 7) is 4.44. The number of hydrogen-bond acceptors (Lipinski definition) is 3. The molecule has 0 saturated carbocycles. The van der Waals surface area contributed by atoms with Gasteiger partial charge in [0, 0.05) is 26.2 Å². The number of Topliss-reactive ketones (excluding diaryl/α,β-unsaturated/α-hetero) is 1. The van der Waals surface area contributed by atoms with Gasteiger partial charge in [0.1, 0.15) is 5.69 Å². The largest absolute Gasteiger partial charge is 0.504 e. The fraction of sp³-hybridized carbons (Fsp3) is 0.500. The highest BCUT2D eigenvalue weighted by molar-refractivity contribution is 5.98. The second-order valence-corrected chi connectivity index (χ2v) is 3.16. The Morgan fingerprint density at radius 2 is 2.21 bits per heavy atom. The van der Waals surface area contributed by atoms with Crippen molar-refractivity contribution in [2.75, 3.05) is 11.9 Å². The van der Waals surface area contributed by atoms with Crippen LogP contribution in [0.15, 0.2) is 6.20 Å². The summed E-state index contributed by atoms with van der Waals surface area (Å²) in [5.74, 6) is 0.00959. The topological polar surface area (TPSA) is 54.3 Å². The molecule has 0 atom stereocenters. The zero-order valence-corrected chi connectivity index (χ0v) is 8.79. The molecular weight excluding hydrogens is 180 g/mol. The Balaban J connectivity index is 3.11. The molecular formula is C10H16N2O2. The third-order valence-electron chi connectivity index (χ3n) is 2.11. The first-order valence-corrected chi connectivity index (χ1v) is 4.77. The molecule has 0 saturated heterocycles. The van der Waals surface area contributed by atoms with Crippen LogP contribution in [-0.4, -0.2) is 22.0 Å². The van der Waals surface area contributed by atoms with E-state index in [1.807, 2.05) is 6.92 Å². The van der Waals surface area contributed by atoms with E-state index in [-0.39, 0.29) is 11.5 Å². The summed E-state index contributed by atoms with van der Waals surface area (Å²) >= 11 is 0. The molecule has 1 rings (SSSR count). The molecule has 0 bridgehead atoms. The quantitative estimate of drug-likeness (QED) is 0.721. The lowest BCUT2D eigenvalue weighted by Gasteiger charge is -2.01. The highest BCUT2D eigenvalue weighted by Gasteiger charge is 2.17. The van der Waals surface area contributed by atoms with Gasteiger partial charge in [0.15, 0.2) is 11.5 Å². The van der Waals surface area contributed by atoms with E-state index < -0.39 is 0 Å². The Morgan fingerprint density at radius 3 is 2.71 bits per heavy atom. The zero-order chi connectivity index (χ0) is 10.7. The molecule has 0 aliphatic heterocycles. The van der Waals surface area contributed by atoms with Crippen LogP contribution in [0.4, 0.5) is 5.69 Å². The molecule has 78 valence electrons. The summed E-state index contributed by atoms with van der Waals surface area (Å²) in [5, 5.41) is 12.7. The van der Waals surface area contributed by atoms with Gasteiger partial charge in [-0.25, -0.2) is 0 Å². The van der Waals surface area contributed by atoms with Gasteiger partial charge in [0.2, 0.25) is 0 Å². The lowest BCUT2D eigenvalue weighted by Crippen LogP contribution is -2.03. The van der Waals surface area contributed by atoms with Crippen molar-refractivity contribution in [2.24, 2.45) is 7.05 Å². The normalized spacial score (nSPS) is 10.2. The van der Waals surface area contributed by atoms with E-state index in [1.165, 1.54) is 0 Å². The Hall–Kier alpha value is -1.45. The van der Waals surface area contributed by atoms with Gasteiger partial charge in [-0.15, -0.1) is 0 Å². The predicted molar refractivity (Wildman–Crippen MR) is 55.9 cm³/mol. The third kappa shape index (κ3) is 1.73. The van der Waals surface area contributed by atoms with Crippen LogP contribution < -0.4 is 5.32 Å².